The van der Waals surface area contributed by atoms with Crippen LogP contribution in [0.1, 0.15) is 12.8 Å². The van der Waals surface area contributed by atoms with Crippen molar-refractivity contribution in [3.8, 4) is 11.4 Å². The molecular weight excluding hydrogens is 405 g/mol. The minimum absolute atomic E-state index is 0.0244. The first kappa shape index (κ1) is 18.8. The Bertz CT molecular complexity index is 895. The molecule has 2 aromatic rings. The third kappa shape index (κ3) is 4.06. The van der Waals surface area contributed by atoms with Crippen molar-refractivity contribution in [1.82, 2.24) is 14.7 Å². The number of carboxylic acid groups (broad SMARTS) is 1. The molecule has 1 aliphatic heterocycles. The highest BCUT2D eigenvalue weighted by Crippen LogP contribution is 2.26. The van der Waals surface area contributed by atoms with Crippen LogP contribution in [0.15, 0.2) is 29.1 Å². The molecular formula is C16H14Cl3N3O4. The molecule has 0 bridgehead atoms. The van der Waals surface area contributed by atoms with Gasteiger partial charge < -0.3 is 14.7 Å². The molecule has 0 unspecified atom stereocenters. The van der Waals surface area contributed by atoms with E-state index in [-0.39, 0.29) is 17.0 Å². The van der Waals surface area contributed by atoms with Crippen LogP contribution in [0.5, 0.6) is 5.75 Å². The van der Waals surface area contributed by atoms with Crippen LogP contribution in [0.3, 0.4) is 0 Å². The van der Waals surface area contributed by atoms with E-state index in [4.69, 9.17) is 44.6 Å². The highest BCUT2D eigenvalue weighted by atomic mass is 35.5. The third-order valence-electron chi connectivity index (χ3n) is 4.01. The second-order valence-corrected chi connectivity index (χ2v) is 6.91. The second kappa shape index (κ2) is 7.73. The van der Waals surface area contributed by atoms with Crippen LogP contribution in [-0.4, -0.2) is 45.1 Å². The van der Waals surface area contributed by atoms with Gasteiger partial charge in [-0.25, -0.2) is 4.79 Å². The van der Waals surface area contributed by atoms with E-state index in [9.17, 15) is 9.59 Å². The van der Waals surface area contributed by atoms with Gasteiger partial charge in [-0.3, -0.25) is 4.79 Å². The summed E-state index contributed by atoms with van der Waals surface area (Å²) in [5, 5.41) is 13.7. The zero-order chi connectivity index (χ0) is 18.8. The SMILES string of the molecule is O=C(O)N1CCC(Oc2cc(=O)n(-c3ccc(Cl)c(Cl)c3)nc2Cl)CC1. The average molecular weight is 419 g/mol. The number of aromatic nitrogens is 2. The normalized spacial score (nSPS) is 15.1. The monoisotopic (exact) mass is 417 g/mol. The van der Waals surface area contributed by atoms with Crippen LogP contribution in [0.25, 0.3) is 5.69 Å². The number of halogens is 3. The lowest BCUT2D eigenvalue weighted by molar-refractivity contribution is 0.0891. The van der Waals surface area contributed by atoms with Crippen molar-refractivity contribution in [3.63, 3.8) is 0 Å². The highest BCUT2D eigenvalue weighted by molar-refractivity contribution is 6.42. The van der Waals surface area contributed by atoms with E-state index < -0.39 is 11.7 Å². The maximum absolute atomic E-state index is 12.4. The first-order valence-electron chi connectivity index (χ1n) is 7.75. The molecule has 1 N–H and O–H groups in total. The number of piperidine rings is 1. The Morgan fingerprint density at radius 1 is 1.15 bits per heavy atom. The summed E-state index contributed by atoms with van der Waals surface area (Å²) in [5.41, 5.74) is -0.0154. The molecule has 1 amide bonds. The van der Waals surface area contributed by atoms with Crippen molar-refractivity contribution >= 4 is 40.9 Å². The van der Waals surface area contributed by atoms with E-state index in [0.717, 1.165) is 4.68 Å². The Morgan fingerprint density at radius 3 is 2.46 bits per heavy atom. The van der Waals surface area contributed by atoms with Gasteiger partial charge in [0, 0.05) is 25.9 Å². The van der Waals surface area contributed by atoms with E-state index in [0.29, 0.717) is 41.7 Å². The fourth-order valence-electron chi connectivity index (χ4n) is 2.65. The van der Waals surface area contributed by atoms with Gasteiger partial charge in [0.25, 0.3) is 5.56 Å². The van der Waals surface area contributed by atoms with Crippen molar-refractivity contribution in [2.24, 2.45) is 0 Å². The number of rotatable bonds is 3. The summed E-state index contributed by atoms with van der Waals surface area (Å²) in [6, 6.07) is 5.92. The van der Waals surface area contributed by atoms with Crippen LogP contribution >= 0.6 is 34.8 Å². The Morgan fingerprint density at radius 2 is 1.85 bits per heavy atom. The Kier molecular flexibility index (Phi) is 5.60. The van der Waals surface area contributed by atoms with Crippen LogP contribution in [0.2, 0.25) is 15.2 Å². The lowest BCUT2D eigenvalue weighted by Gasteiger charge is -2.30. The number of nitrogens with zero attached hydrogens (tertiary/aromatic N) is 3. The lowest BCUT2D eigenvalue weighted by Crippen LogP contribution is -2.41. The molecule has 2 heterocycles. The van der Waals surface area contributed by atoms with Gasteiger partial charge in [-0.15, -0.1) is 5.10 Å². The molecule has 1 fully saturated rings. The van der Waals surface area contributed by atoms with E-state index in [1.165, 1.54) is 17.0 Å². The first-order valence-corrected chi connectivity index (χ1v) is 8.88. The van der Waals surface area contributed by atoms with Crippen molar-refractivity contribution < 1.29 is 14.6 Å². The molecule has 1 aliphatic rings. The third-order valence-corrected chi connectivity index (χ3v) is 5.01. The molecule has 0 radical (unpaired) electrons. The maximum atomic E-state index is 12.4. The van der Waals surface area contributed by atoms with Crippen molar-refractivity contribution in [2.75, 3.05) is 13.1 Å². The summed E-state index contributed by atoms with van der Waals surface area (Å²) in [4.78, 5) is 24.6. The number of hydrogen-bond donors (Lipinski definition) is 1. The van der Waals surface area contributed by atoms with Gasteiger partial charge in [0.1, 0.15) is 6.10 Å². The maximum Gasteiger partial charge on any atom is 0.407 e. The smallest absolute Gasteiger partial charge is 0.407 e. The molecule has 1 saturated heterocycles. The second-order valence-electron chi connectivity index (χ2n) is 5.73. The molecule has 7 nitrogen and oxygen atoms in total. The number of benzene rings is 1. The van der Waals surface area contributed by atoms with Gasteiger partial charge in [-0.1, -0.05) is 34.8 Å². The van der Waals surface area contributed by atoms with E-state index >= 15 is 0 Å². The molecule has 0 atom stereocenters. The number of ether oxygens (including phenoxy) is 1. The Balaban J connectivity index is 1.78. The predicted molar refractivity (Wildman–Crippen MR) is 98.1 cm³/mol. The molecule has 10 heteroatoms. The van der Waals surface area contributed by atoms with Gasteiger partial charge in [0.2, 0.25) is 0 Å². The summed E-state index contributed by atoms with van der Waals surface area (Å²) in [6.45, 7) is 0.733. The van der Waals surface area contributed by atoms with Crippen LogP contribution < -0.4 is 10.3 Å². The number of amides is 1. The largest absolute Gasteiger partial charge is 0.487 e. The fraction of sp³-hybridized carbons (Fsp3) is 0.312. The number of carbonyl (C=O) groups is 1. The van der Waals surface area contributed by atoms with Gasteiger partial charge in [0.15, 0.2) is 10.9 Å². The lowest BCUT2D eigenvalue weighted by atomic mass is 10.1. The summed E-state index contributed by atoms with van der Waals surface area (Å²) in [7, 11) is 0. The topological polar surface area (TPSA) is 84.7 Å². The van der Waals surface area contributed by atoms with Crippen LogP contribution in [-0.2, 0) is 0 Å². The Labute approximate surface area is 163 Å². The standard InChI is InChI=1S/C16H14Cl3N3O4/c17-11-2-1-9(7-12(11)18)22-14(23)8-13(15(19)20-22)26-10-3-5-21(6-4-10)16(24)25/h1-2,7-8,10H,3-6H2,(H,24,25). The highest BCUT2D eigenvalue weighted by Gasteiger charge is 2.24. The van der Waals surface area contributed by atoms with E-state index in [2.05, 4.69) is 5.10 Å². The zero-order valence-electron chi connectivity index (χ0n) is 13.4. The molecule has 1 aromatic carbocycles. The zero-order valence-corrected chi connectivity index (χ0v) is 15.6. The predicted octanol–water partition coefficient (Wildman–Crippen LogP) is 3.71. The molecule has 0 saturated carbocycles. The Hall–Kier alpha value is -1.96. The van der Waals surface area contributed by atoms with Gasteiger partial charge >= 0.3 is 6.09 Å². The molecule has 138 valence electrons. The summed E-state index contributed by atoms with van der Waals surface area (Å²) < 4.78 is 6.86. The molecule has 1 aromatic heterocycles. The van der Waals surface area contributed by atoms with Crippen molar-refractivity contribution in [1.29, 1.82) is 0 Å². The summed E-state index contributed by atoms with van der Waals surface area (Å²) in [5.74, 6) is 0.168. The van der Waals surface area contributed by atoms with Crippen LogP contribution in [0, 0.1) is 0 Å². The van der Waals surface area contributed by atoms with E-state index in [1.807, 2.05) is 0 Å². The quantitative estimate of drug-likeness (QED) is 0.821. The average Bonchev–Trinajstić information content (AvgIpc) is 2.61. The summed E-state index contributed by atoms with van der Waals surface area (Å²) in [6.07, 6.45) is -0.158. The van der Waals surface area contributed by atoms with Crippen LogP contribution in [0.4, 0.5) is 4.79 Å². The minimum Gasteiger partial charge on any atom is -0.487 e. The molecule has 0 aliphatic carbocycles. The van der Waals surface area contributed by atoms with E-state index in [1.54, 1.807) is 12.1 Å². The van der Waals surface area contributed by atoms with Gasteiger partial charge in [-0.05, 0) is 18.2 Å². The number of likely N-dealkylation sites (tertiary alicyclic amines) is 1. The number of hydrogen-bond acceptors (Lipinski definition) is 4. The van der Waals surface area contributed by atoms with Gasteiger partial charge in [-0.2, -0.15) is 4.68 Å². The van der Waals surface area contributed by atoms with Crippen molar-refractivity contribution in [3.05, 3.63) is 49.8 Å². The summed E-state index contributed by atoms with van der Waals surface area (Å²) >= 11 is 18.0. The van der Waals surface area contributed by atoms with Gasteiger partial charge in [0.05, 0.1) is 21.8 Å². The molecule has 26 heavy (non-hydrogen) atoms. The minimum atomic E-state index is -0.952. The first-order chi connectivity index (χ1) is 12.3. The van der Waals surface area contributed by atoms with Crippen molar-refractivity contribution in [2.45, 2.75) is 18.9 Å². The fourth-order valence-corrected chi connectivity index (χ4v) is 3.12. The molecule has 0 spiro atoms. The molecule has 3 rings (SSSR count).